The van der Waals surface area contributed by atoms with Crippen LogP contribution in [0.5, 0.6) is 0 Å². The van der Waals surface area contributed by atoms with Crippen molar-refractivity contribution >= 4 is 5.91 Å². The molecule has 9 heteroatoms. The Morgan fingerprint density at radius 1 is 0.850 bits per heavy atom. The van der Waals surface area contributed by atoms with Crippen molar-refractivity contribution in [3.05, 3.63) is 107 Å². The van der Waals surface area contributed by atoms with Gasteiger partial charge in [0.2, 0.25) is 5.91 Å². The van der Waals surface area contributed by atoms with Crippen LogP contribution in [-0.4, -0.2) is 48.9 Å². The second-order valence-corrected chi connectivity index (χ2v) is 9.84. The van der Waals surface area contributed by atoms with Crippen molar-refractivity contribution in [2.75, 3.05) is 13.1 Å². The summed E-state index contributed by atoms with van der Waals surface area (Å²) in [5, 5.41) is 13.5. The van der Waals surface area contributed by atoms with Gasteiger partial charge in [0.05, 0.1) is 11.4 Å². The Labute approximate surface area is 230 Å². The number of aromatic nitrogens is 5. The van der Waals surface area contributed by atoms with Gasteiger partial charge in [0.15, 0.2) is 11.6 Å². The number of carbonyl (C=O) groups is 1. The SMILES string of the molecule is Cc1cc(-c2nc(-c3ccc(F)cc3)n(CC(=O)N3CCc4cc(-c5ccccc5)nnc4CC3)n2)ccc1F. The van der Waals surface area contributed by atoms with Crippen LogP contribution in [-0.2, 0) is 24.2 Å². The second kappa shape index (κ2) is 10.8. The zero-order chi connectivity index (χ0) is 27.6. The highest BCUT2D eigenvalue weighted by molar-refractivity contribution is 5.77. The van der Waals surface area contributed by atoms with Crippen molar-refractivity contribution in [1.29, 1.82) is 0 Å². The molecule has 3 aromatic carbocycles. The summed E-state index contributed by atoms with van der Waals surface area (Å²) in [6.07, 6.45) is 1.27. The molecule has 0 saturated carbocycles. The first-order valence-corrected chi connectivity index (χ1v) is 13.1. The number of fused-ring (bicyclic) bond motifs is 1. The Kier molecular flexibility index (Phi) is 6.86. The van der Waals surface area contributed by atoms with E-state index in [1.54, 1.807) is 31.2 Å². The van der Waals surface area contributed by atoms with Crippen molar-refractivity contribution in [3.8, 4) is 34.0 Å². The topological polar surface area (TPSA) is 76.8 Å². The van der Waals surface area contributed by atoms with Gasteiger partial charge in [-0.3, -0.25) is 4.79 Å². The van der Waals surface area contributed by atoms with E-state index < -0.39 is 0 Å². The van der Waals surface area contributed by atoms with Crippen molar-refractivity contribution in [1.82, 2.24) is 29.9 Å². The molecular formula is C31H26F2N6O. The summed E-state index contributed by atoms with van der Waals surface area (Å²) >= 11 is 0. The minimum atomic E-state index is -0.372. The number of nitrogens with zero attached hydrogens (tertiary/aromatic N) is 6. The molecule has 3 heterocycles. The number of benzene rings is 3. The van der Waals surface area contributed by atoms with E-state index in [-0.39, 0.29) is 24.1 Å². The summed E-state index contributed by atoms with van der Waals surface area (Å²) in [6.45, 7) is 2.67. The normalized spacial score (nSPS) is 13.1. The van der Waals surface area contributed by atoms with E-state index in [1.807, 2.05) is 35.2 Å². The summed E-state index contributed by atoms with van der Waals surface area (Å²) in [5.74, 6) is -0.00838. The van der Waals surface area contributed by atoms with Crippen LogP contribution in [0.4, 0.5) is 8.78 Å². The molecule has 0 radical (unpaired) electrons. The van der Waals surface area contributed by atoms with Gasteiger partial charge in [0, 0.05) is 36.2 Å². The fourth-order valence-corrected chi connectivity index (χ4v) is 4.89. The van der Waals surface area contributed by atoms with Crippen LogP contribution in [0.15, 0.2) is 78.9 Å². The Morgan fingerprint density at radius 3 is 2.38 bits per heavy atom. The molecule has 40 heavy (non-hydrogen) atoms. The minimum Gasteiger partial charge on any atom is -0.340 e. The molecule has 2 aromatic heterocycles. The Hall–Kier alpha value is -4.79. The van der Waals surface area contributed by atoms with Crippen LogP contribution in [0.1, 0.15) is 16.8 Å². The number of rotatable bonds is 5. The van der Waals surface area contributed by atoms with Crippen molar-refractivity contribution in [3.63, 3.8) is 0 Å². The van der Waals surface area contributed by atoms with Gasteiger partial charge in [-0.2, -0.15) is 10.2 Å². The molecule has 200 valence electrons. The smallest absolute Gasteiger partial charge is 0.244 e. The zero-order valence-electron chi connectivity index (χ0n) is 21.9. The summed E-state index contributed by atoms with van der Waals surface area (Å²) in [6, 6.07) is 22.5. The van der Waals surface area contributed by atoms with Gasteiger partial charge >= 0.3 is 0 Å². The quantitative estimate of drug-likeness (QED) is 0.305. The van der Waals surface area contributed by atoms with Crippen LogP contribution in [0.25, 0.3) is 34.0 Å². The third kappa shape index (κ3) is 5.22. The molecule has 0 fully saturated rings. The van der Waals surface area contributed by atoms with E-state index in [2.05, 4.69) is 26.3 Å². The third-order valence-corrected chi connectivity index (χ3v) is 7.13. The lowest BCUT2D eigenvalue weighted by Crippen LogP contribution is -2.36. The monoisotopic (exact) mass is 536 g/mol. The maximum atomic E-state index is 13.9. The molecule has 0 N–H and O–H groups in total. The first-order valence-electron chi connectivity index (χ1n) is 13.1. The van der Waals surface area contributed by atoms with E-state index in [9.17, 15) is 13.6 Å². The van der Waals surface area contributed by atoms with Crippen LogP contribution >= 0.6 is 0 Å². The standard InChI is InChI=1S/C31H26F2N6O/c1-20-17-24(9-12-26(20)33)30-34-31(22-7-10-25(32)11-8-22)39(37-30)19-29(40)38-15-13-23-18-28(21-5-3-2-4-6-21)36-35-27(23)14-16-38/h2-12,17-18H,13-16,19H2,1H3. The Bertz CT molecular complexity index is 1680. The number of carbonyl (C=O) groups excluding carboxylic acids is 1. The summed E-state index contributed by atoms with van der Waals surface area (Å²) in [5.41, 5.74) is 5.53. The fraction of sp³-hybridized carbons (Fsp3) is 0.194. The minimum absolute atomic E-state index is 0.0445. The van der Waals surface area contributed by atoms with E-state index in [0.29, 0.717) is 54.3 Å². The molecule has 0 spiro atoms. The number of hydrogen-bond acceptors (Lipinski definition) is 5. The van der Waals surface area contributed by atoms with E-state index in [4.69, 9.17) is 0 Å². The number of halogens is 2. The van der Waals surface area contributed by atoms with Gasteiger partial charge in [-0.25, -0.2) is 18.4 Å². The molecular weight excluding hydrogens is 510 g/mol. The average molecular weight is 537 g/mol. The van der Waals surface area contributed by atoms with E-state index in [1.165, 1.54) is 22.9 Å². The van der Waals surface area contributed by atoms with Gasteiger partial charge in [0.25, 0.3) is 0 Å². The van der Waals surface area contributed by atoms with Gasteiger partial charge in [-0.15, -0.1) is 5.10 Å². The second-order valence-electron chi connectivity index (χ2n) is 9.84. The maximum Gasteiger partial charge on any atom is 0.244 e. The molecule has 0 aliphatic carbocycles. The molecule has 0 atom stereocenters. The molecule has 1 aliphatic heterocycles. The fourth-order valence-electron chi connectivity index (χ4n) is 4.89. The third-order valence-electron chi connectivity index (χ3n) is 7.13. The predicted molar refractivity (Wildman–Crippen MR) is 147 cm³/mol. The first kappa shape index (κ1) is 25.5. The predicted octanol–water partition coefficient (Wildman–Crippen LogP) is 5.28. The number of aryl methyl sites for hydroxylation is 1. The van der Waals surface area contributed by atoms with E-state index >= 15 is 0 Å². The highest BCUT2D eigenvalue weighted by Crippen LogP contribution is 2.25. The van der Waals surface area contributed by atoms with Crippen LogP contribution < -0.4 is 0 Å². The largest absolute Gasteiger partial charge is 0.340 e. The Balaban J connectivity index is 1.25. The summed E-state index contributed by atoms with van der Waals surface area (Å²) in [7, 11) is 0. The Morgan fingerprint density at radius 2 is 1.60 bits per heavy atom. The molecule has 1 amide bonds. The molecule has 0 unspecified atom stereocenters. The van der Waals surface area contributed by atoms with Gasteiger partial charge < -0.3 is 4.90 Å². The van der Waals surface area contributed by atoms with Gasteiger partial charge in [-0.1, -0.05) is 30.3 Å². The average Bonchev–Trinajstić information content (AvgIpc) is 3.26. The lowest BCUT2D eigenvalue weighted by atomic mass is 10.1. The van der Waals surface area contributed by atoms with Crippen LogP contribution in [0, 0.1) is 18.6 Å². The summed E-state index contributed by atoms with van der Waals surface area (Å²) < 4.78 is 29.0. The molecule has 7 nitrogen and oxygen atoms in total. The molecule has 5 aromatic rings. The highest BCUT2D eigenvalue weighted by Gasteiger charge is 2.23. The van der Waals surface area contributed by atoms with Crippen molar-refractivity contribution < 1.29 is 13.6 Å². The van der Waals surface area contributed by atoms with Crippen molar-refractivity contribution in [2.24, 2.45) is 0 Å². The first-order chi connectivity index (χ1) is 19.4. The lowest BCUT2D eigenvalue weighted by molar-refractivity contribution is -0.131. The van der Waals surface area contributed by atoms with E-state index in [0.717, 1.165) is 22.5 Å². The number of amides is 1. The summed E-state index contributed by atoms with van der Waals surface area (Å²) in [4.78, 5) is 20.0. The van der Waals surface area contributed by atoms with Gasteiger partial charge in [-0.05, 0) is 73.0 Å². The molecule has 1 aliphatic rings. The molecule has 6 rings (SSSR count). The number of hydrogen-bond donors (Lipinski definition) is 0. The van der Waals surface area contributed by atoms with Crippen LogP contribution in [0.2, 0.25) is 0 Å². The lowest BCUT2D eigenvalue weighted by Gasteiger charge is -2.20. The van der Waals surface area contributed by atoms with Gasteiger partial charge in [0.1, 0.15) is 18.2 Å². The van der Waals surface area contributed by atoms with Crippen LogP contribution in [0.3, 0.4) is 0 Å². The molecule has 0 saturated heterocycles. The zero-order valence-corrected chi connectivity index (χ0v) is 21.9. The molecule has 0 bridgehead atoms. The highest BCUT2D eigenvalue weighted by atomic mass is 19.1. The maximum absolute atomic E-state index is 13.9. The van der Waals surface area contributed by atoms with Crippen molar-refractivity contribution in [2.45, 2.75) is 26.3 Å².